The molecule has 1 unspecified atom stereocenters. The molecule has 2 bridgehead atoms. The van der Waals surface area contributed by atoms with Gasteiger partial charge in [0.15, 0.2) is 12.0 Å². The van der Waals surface area contributed by atoms with Crippen LogP contribution >= 0.6 is 0 Å². The van der Waals surface area contributed by atoms with Gasteiger partial charge in [-0.3, -0.25) is 15.0 Å². The van der Waals surface area contributed by atoms with Gasteiger partial charge in [0.25, 0.3) is 0 Å². The minimum Gasteiger partial charge on any atom is -0.388 e. The van der Waals surface area contributed by atoms with Crippen LogP contribution in [0.2, 0.25) is 0 Å². The highest BCUT2D eigenvalue weighted by atomic mass is 16.8. The molecular weight excluding hydrogens is 268 g/mol. The summed E-state index contributed by atoms with van der Waals surface area (Å²) < 4.78 is 17.3. The SMILES string of the molecule is CC1(C)O[C@H]2[C@@H](O1)[C@H]1O[C@@H]2[C@@H](O)C2CC(=O)NC(=O)N21. The zero-order valence-corrected chi connectivity index (χ0v) is 11.1. The van der Waals surface area contributed by atoms with Gasteiger partial charge in [0.05, 0.1) is 12.5 Å². The van der Waals surface area contributed by atoms with Gasteiger partial charge in [0.1, 0.15) is 24.4 Å². The normalized spacial score (nSPS) is 48.9. The number of carbonyl (C=O) groups excluding carboxylic acids is 2. The van der Waals surface area contributed by atoms with Gasteiger partial charge in [-0.2, -0.15) is 0 Å². The fourth-order valence-corrected chi connectivity index (χ4v) is 3.59. The van der Waals surface area contributed by atoms with Crippen molar-refractivity contribution in [1.29, 1.82) is 0 Å². The van der Waals surface area contributed by atoms with Crippen LogP contribution in [0.25, 0.3) is 0 Å². The maximum Gasteiger partial charge on any atom is 0.326 e. The van der Waals surface area contributed by atoms with Crippen LogP contribution in [-0.2, 0) is 19.0 Å². The van der Waals surface area contributed by atoms with Gasteiger partial charge in [-0.15, -0.1) is 0 Å². The molecule has 0 aliphatic carbocycles. The van der Waals surface area contributed by atoms with Crippen molar-refractivity contribution in [3.8, 4) is 0 Å². The monoisotopic (exact) mass is 284 g/mol. The van der Waals surface area contributed by atoms with Gasteiger partial charge in [0.2, 0.25) is 5.91 Å². The Balaban J connectivity index is 1.71. The van der Waals surface area contributed by atoms with E-state index in [9.17, 15) is 14.7 Å². The Morgan fingerprint density at radius 1 is 1.25 bits per heavy atom. The summed E-state index contributed by atoms with van der Waals surface area (Å²) in [5.41, 5.74) is 0. The molecule has 4 aliphatic rings. The molecule has 8 heteroatoms. The van der Waals surface area contributed by atoms with Crippen molar-refractivity contribution in [3.63, 3.8) is 0 Å². The van der Waals surface area contributed by atoms with Crippen LogP contribution in [0.1, 0.15) is 20.3 Å². The van der Waals surface area contributed by atoms with Crippen molar-refractivity contribution < 1.29 is 28.9 Å². The van der Waals surface area contributed by atoms with E-state index in [2.05, 4.69) is 5.32 Å². The average Bonchev–Trinajstić information content (AvgIpc) is 2.79. The van der Waals surface area contributed by atoms with Gasteiger partial charge in [0, 0.05) is 0 Å². The third kappa shape index (κ3) is 1.50. The number of carbonyl (C=O) groups is 2. The molecule has 0 aromatic heterocycles. The van der Waals surface area contributed by atoms with Gasteiger partial charge in [-0.05, 0) is 13.8 Å². The average molecular weight is 284 g/mol. The molecule has 4 heterocycles. The first kappa shape index (κ1) is 12.5. The second-order valence-corrected chi connectivity index (χ2v) is 6.08. The second-order valence-electron chi connectivity index (χ2n) is 6.08. The fraction of sp³-hybridized carbons (Fsp3) is 0.833. The molecule has 8 nitrogen and oxygen atoms in total. The molecule has 20 heavy (non-hydrogen) atoms. The number of amides is 3. The molecule has 0 radical (unpaired) electrons. The van der Waals surface area contributed by atoms with E-state index in [1.54, 1.807) is 13.8 Å². The number of aliphatic hydroxyl groups is 1. The smallest absolute Gasteiger partial charge is 0.326 e. The summed E-state index contributed by atoms with van der Waals surface area (Å²) in [4.78, 5) is 24.9. The standard InChI is InChI=1S/C12H16N2O6/c1-12(2)19-8-7-6(16)4-3-5(15)13-11(17)14(4)10(18-7)9(8)20-12/h4,6-10,16H,3H2,1-2H3,(H,13,15,17)/t4?,6-,7+,8+,9+,10+/m0/s1. The number of rotatable bonds is 0. The maximum absolute atomic E-state index is 12.0. The zero-order chi connectivity index (χ0) is 14.2. The summed E-state index contributed by atoms with van der Waals surface area (Å²) in [6.07, 6.45) is -2.99. The van der Waals surface area contributed by atoms with E-state index in [1.807, 2.05) is 0 Å². The lowest BCUT2D eigenvalue weighted by Gasteiger charge is -2.46. The van der Waals surface area contributed by atoms with Crippen molar-refractivity contribution in [2.75, 3.05) is 0 Å². The molecule has 6 atom stereocenters. The quantitative estimate of drug-likeness (QED) is 0.587. The Bertz CT molecular complexity index is 494. The predicted molar refractivity (Wildman–Crippen MR) is 62.3 cm³/mol. The predicted octanol–water partition coefficient (Wildman–Crippen LogP) is -1.08. The van der Waals surface area contributed by atoms with E-state index in [0.29, 0.717) is 0 Å². The highest BCUT2D eigenvalue weighted by molar-refractivity contribution is 5.97. The number of urea groups is 1. The summed E-state index contributed by atoms with van der Waals surface area (Å²) >= 11 is 0. The first-order valence-electron chi connectivity index (χ1n) is 6.69. The summed E-state index contributed by atoms with van der Waals surface area (Å²) in [5.74, 6) is -1.16. The van der Waals surface area contributed by atoms with E-state index in [0.717, 1.165) is 0 Å². The Kier molecular flexibility index (Phi) is 2.32. The fourth-order valence-electron chi connectivity index (χ4n) is 3.59. The molecule has 4 rings (SSSR count). The molecule has 2 N–H and O–H groups in total. The van der Waals surface area contributed by atoms with Crippen molar-refractivity contribution in [2.45, 2.75) is 62.7 Å². The summed E-state index contributed by atoms with van der Waals surface area (Å²) in [5, 5.41) is 12.7. The number of fused-ring (bicyclic) bond motifs is 7. The first-order chi connectivity index (χ1) is 9.37. The van der Waals surface area contributed by atoms with Crippen LogP contribution in [0, 0.1) is 0 Å². The van der Waals surface area contributed by atoms with Gasteiger partial charge in [-0.25, -0.2) is 4.79 Å². The lowest BCUT2D eigenvalue weighted by Crippen LogP contribution is -2.67. The second kappa shape index (κ2) is 3.70. The van der Waals surface area contributed by atoms with Crippen molar-refractivity contribution in [2.24, 2.45) is 0 Å². The van der Waals surface area contributed by atoms with Crippen LogP contribution in [0.3, 0.4) is 0 Å². The minimum absolute atomic E-state index is 0.0616. The van der Waals surface area contributed by atoms with Crippen molar-refractivity contribution >= 4 is 11.9 Å². The Morgan fingerprint density at radius 2 is 1.95 bits per heavy atom. The van der Waals surface area contributed by atoms with Crippen LogP contribution in [0.5, 0.6) is 0 Å². The van der Waals surface area contributed by atoms with Gasteiger partial charge in [-0.1, -0.05) is 0 Å². The Hall–Kier alpha value is -1.22. The minimum atomic E-state index is -0.964. The summed E-state index contributed by atoms with van der Waals surface area (Å²) in [6, 6.07) is -1.14. The molecule has 0 saturated carbocycles. The van der Waals surface area contributed by atoms with Gasteiger partial charge < -0.3 is 19.3 Å². The van der Waals surface area contributed by atoms with E-state index >= 15 is 0 Å². The highest BCUT2D eigenvalue weighted by Gasteiger charge is 2.65. The van der Waals surface area contributed by atoms with E-state index in [4.69, 9.17) is 14.2 Å². The molecule has 4 fully saturated rings. The maximum atomic E-state index is 12.0. The number of nitrogens with one attached hydrogen (secondary N) is 1. The van der Waals surface area contributed by atoms with Crippen LogP contribution in [0.15, 0.2) is 0 Å². The van der Waals surface area contributed by atoms with E-state index in [1.165, 1.54) is 4.90 Å². The van der Waals surface area contributed by atoms with E-state index < -0.39 is 48.5 Å². The lowest BCUT2D eigenvalue weighted by molar-refractivity contribution is -0.243. The van der Waals surface area contributed by atoms with Gasteiger partial charge >= 0.3 is 6.03 Å². The molecule has 0 aromatic carbocycles. The van der Waals surface area contributed by atoms with E-state index in [-0.39, 0.29) is 12.3 Å². The summed E-state index contributed by atoms with van der Waals surface area (Å²) in [7, 11) is 0. The topological polar surface area (TPSA) is 97.3 Å². The molecule has 0 aromatic rings. The Morgan fingerprint density at radius 3 is 2.70 bits per heavy atom. The number of nitrogens with zero attached hydrogens (tertiary/aromatic N) is 1. The summed E-state index contributed by atoms with van der Waals surface area (Å²) in [6.45, 7) is 3.56. The molecule has 0 spiro atoms. The zero-order valence-electron chi connectivity index (χ0n) is 11.1. The number of hydrogen-bond donors (Lipinski definition) is 2. The number of aliphatic hydroxyl groups excluding tert-OH is 1. The number of imide groups is 1. The van der Waals surface area contributed by atoms with Crippen LogP contribution < -0.4 is 5.32 Å². The third-order valence-corrected chi connectivity index (χ3v) is 4.30. The largest absolute Gasteiger partial charge is 0.388 e. The Labute approximate surface area is 114 Å². The molecule has 4 aliphatic heterocycles. The van der Waals surface area contributed by atoms with Crippen molar-refractivity contribution in [3.05, 3.63) is 0 Å². The highest BCUT2D eigenvalue weighted by Crippen LogP contribution is 2.45. The molecule has 3 amide bonds. The lowest BCUT2D eigenvalue weighted by atomic mass is 9.97. The van der Waals surface area contributed by atoms with Crippen molar-refractivity contribution in [1.82, 2.24) is 10.2 Å². The van der Waals surface area contributed by atoms with Crippen LogP contribution in [-0.4, -0.2) is 64.4 Å². The van der Waals surface area contributed by atoms with Crippen LogP contribution in [0.4, 0.5) is 4.79 Å². The molecule has 4 saturated heterocycles. The first-order valence-corrected chi connectivity index (χ1v) is 6.69. The molecule has 110 valence electrons. The number of hydrogen-bond acceptors (Lipinski definition) is 6. The number of ether oxygens (including phenoxy) is 3. The third-order valence-electron chi connectivity index (χ3n) is 4.30. The molecular formula is C12H16N2O6.